The Morgan fingerprint density at radius 1 is 1.09 bits per heavy atom. The van der Waals surface area contributed by atoms with Crippen LogP contribution in [0.5, 0.6) is 17.2 Å². The first-order chi connectivity index (χ1) is 21.7. The molecule has 1 aliphatic rings. The molecule has 2 heterocycles. The van der Waals surface area contributed by atoms with Crippen LogP contribution in [-0.2, 0) is 10.5 Å². The lowest BCUT2D eigenvalue weighted by Gasteiger charge is -2.29. The van der Waals surface area contributed by atoms with Crippen molar-refractivity contribution in [1.29, 1.82) is 0 Å². The fourth-order valence-corrected chi connectivity index (χ4v) is 6.62. The van der Waals surface area contributed by atoms with Gasteiger partial charge in [-0.05, 0) is 92.0 Å². The molecule has 45 heavy (non-hydrogen) atoms. The molecule has 0 bridgehead atoms. The molecule has 4 aromatic rings. The maximum atomic E-state index is 14.2. The van der Waals surface area contributed by atoms with Gasteiger partial charge in [-0.3, -0.25) is 4.79 Å². The molecule has 3 aromatic carbocycles. The number of hydrogen-bond donors (Lipinski definition) is 2. The second kappa shape index (κ2) is 14.6. The summed E-state index contributed by atoms with van der Waals surface area (Å²) in [6, 6.07) is 18.3. The Hall–Kier alpha value is -3.67. The first kappa shape index (κ1) is 32.7. The number of ether oxygens (including phenoxy) is 3. The fourth-order valence-electron chi connectivity index (χ4n) is 4.95. The highest BCUT2D eigenvalue weighted by Crippen LogP contribution is 2.44. The van der Waals surface area contributed by atoms with Gasteiger partial charge in [0.15, 0.2) is 11.5 Å². The quantitative estimate of drug-likeness (QED) is 0.141. The zero-order valence-electron chi connectivity index (χ0n) is 25.7. The summed E-state index contributed by atoms with van der Waals surface area (Å²) >= 11 is 11.6. The Kier molecular flexibility index (Phi) is 10.6. The van der Waals surface area contributed by atoms with Crippen molar-refractivity contribution < 1.29 is 19.0 Å². The summed E-state index contributed by atoms with van der Waals surface area (Å²) in [5.41, 5.74) is 3.42. The predicted octanol–water partition coefficient (Wildman–Crippen LogP) is 8.50. The van der Waals surface area contributed by atoms with Crippen LogP contribution in [0.25, 0.3) is 0 Å². The molecule has 236 valence electrons. The van der Waals surface area contributed by atoms with E-state index in [-0.39, 0.29) is 12.0 Å². The summed E-state index contributed by atoms with van der Waals surface area (Å²) in [6.45, 7) is 10.5. The molecule has 0 saturated carbocycles. The van der Waals surface area contributed by atoms with E-state index in [1.165, 1.54) is 11.8 Å². The smallest absolute Gasteiger partial charge is 0.255 e. The van der Waals surface area contributed by atoms with Gasteiger partial charge in [0.25, 0.3) is 5.91 Å². The number of aromatic nitrogens is 3. The number of thioether (sulfide) groups is 1. The minimum absolute atomic E-state index is 0.0706. The molecular weight excluding hydrogens is 678 g/mol. The highest BCUT2D eigenvalue weighted by molar-refractivity contribution is 9.10. The Bertz CT molecular complexity index is 1730. The van der Waals surface area contributed by atoms with E-state index >= 15 is 0 Å². The first-order valence-electron chi connectivity index (χ1n) is 14.7. The standard InChI is InChI=1S/C33H35BrClN5O4S/c1-6-42-26-15-11-10-14-25(26)37-31(41)28-20(5)36-32-38-33(45-18-21-12-8-9-13-24(21)35)39-40(32)29(28)22-16-23(34)30(44-19(3)4)27(17-22)43-7-2/h8-17,19,29H,6-7,18H2,1-5H3,(H,37,41)(H,36,38,39). The maximum absolute atomic E-state index is 14.2. The molecule has 1 atom stereocenters. The molecule has 0 saturated heterocycles. The average Bonchev–Trinajstić information content (AvgIpc) is 3.41. The van der Waals surface area contributed by atoms with Crippen molar-refractivity contribution in [2.45, 2.75) is 57.7 Å². The Morgan fingerprint density at radius 2 is 1.80 bits per heavy atom. The number of halogens is 2. The van der Waals surface area contributed by atoms with Gasteiger partial charge in [0, 0.05) is 16.5 Å². The van der Waals surface area contributed by atoms with Crippen molar-refractivity contribution in [2.75, 3.05) is 23.8 Å². The van der Waals surface area contributed by atoms with E-state index in [0.717, 1.165) is 11.1 Å². The molecular formula is C33H35BrClN5O4S. The van der Waals surface area contributed by atoms with Gasteiger partial charge in [-0.25, -0.2) is 4.68 Å². The third kappa shape index (κ3) is 7.43. The van der Waals surface area contributed by atoms with E-state index in [2.05, 4.69) is 26.6 Å². The average molecular weight is 713 g/mol. The van der Waals surface area contributed by atoms with Crippen LogP contribution in [0.3, 0.4) is 0 Å². The van der Waals surface area contributed by atoms with E-state index in [9.17, 15) is 4.79 Å². The highest BCUT2D eigenvalue weighted by Gasteiger charge is 2.36. The number of allylic oxidation sites excluding steroid dienone is 1. The van der Waals surface area contributed by atoms with E-state index in [4.69, 9.17) is 35.9 Å². The van der Waals surface area contributed by atoms with E-state index in [1.54, 1.807) is 4.68 Å². The van der Waals surface area contributed by atoms with E-state index < -0.39 is 6.04 Å². The maximum Gasteiger partial charge on any atom is 0.255 e. The summed E-state index contributed by atoms with van der Waals surface area (Å²) in [6.07, 6.45) is -0.0706. The molecule has 12 heteroatoms. The van der Waals surface area contributed by atoms with Crippen molar-refractivity contribution in [3.8, 4) is 17.2 Å². The van der Waals surface area contributed by atoms with Crippen molar-refractivity contribution in [2.24, 2.45) is 0 Å². The van der Waals surface area contributed by atoms with Crippen molar-refractivity contribution in [3.05, 3.63) is 92.6 Å². The topological polar surface area (TPSA) is 99.5 Å². The Balaban J connectivity index is 1.58. The summed E-state index contributed by atoms with van der Waals surface area (Å²) in [5, 5.41) is 12.5. The predicted molar refractivity (Wildman–Crippen MR) is 183 cm³/mol. The highest BCUT2D eigenvalue weighted by atomic mass is 79.9. The van der Waals surface area contributed by atoms with Gasteiger partial charge in [0.1, 0.15) is 11.8 Å². The lowest BCUT2D eigenvalue weighted by atomic mass is 9.94. The summed E-state index contributed by atoms with van der Waals surface area (Å²) in [4.78, 5) is 19.0. The Morgan fingerprint density at radius 3 is 2.53 bits per heavy atom. The van der Waals surface area contributed by atoms with Crippen LogP contribution in [0.4, 0.5) is 11.6 Å². The van der Waals surface area contributed by atoms with Crippen molar-refractivity contribution >= 4 is 56.8 Å². The number of nitrogens with zero attached hydrogens (tertiary/aromatic N) is 3. The minimum Gasteiger partial charge on any atom is -0.492 e. The molecule has 1 aliphatic heterocycles. The lowest BCUT2D eigenvalue weighted by Crippen LogP contribution is -2.31. The van der Waals surface area contributed by atoms with Crippen molar-refractivity contribution in [3.63, 3.8) is 0 Å². The molecule has 9 nitrogen and oxygen atoms in total. The van der Waals surface area contributed by atoms with Crippen LogP contribution in [0.15, 0.2) is 81.6 Å². The third-order valence-corrected chi connectivity index (χ3v) is 8.67. The zero-order chi connectivity index (χ0) is 32.1. The molecule has 1 aromatic heterocycles. The van der Waals surface area contributed by atoms with Gasteiger partial charge in [-0.15, -0.1) is 5.10 Å². The van der Waals surface area contributed by atoms with Gasteiger partial charge in [0.2, 0.25) is 11.1 Å². The number of nitrogens with one attached hydrogen (secondary N) is 2. The second-order valence-corrected chi connectivity index (χ2v) is 12.6. The molecule has 1 amide bonds. The zero-order valence-corrected chi connectivity index (χ0v) is 28.8. The minimum atomic E-state index is -0.647. The molecule has 2 N–H and O–H groups in total. The molecule has 0 aliphatic carbocycles. The molecule has 5 rings (SSSR count). The van der Waals surface area contributed by atoms with Gasteiger partial charge in [-0.2, -0.15) is 4.98 Å². The first-order valence-corrected chi connectivity index (χ1v) is 16.8. The van der Waals surface area contributed by atoms with Gasteiger partial charge >= 0.3 is 0 Å². The summed E-state index contributed by atoms with van der Waals surface area (Å²) in [7, 11) is 0. The SMILES string of the molecule is CCOc1ccccc1NC(=O)C1=C(C)Nc2nc(SCc3ccccc3Cl)nn2C1c1cc(Br)c(OC(C)C)c(OCC)c1. The Labute approximate surface area is 280 Å². The molecule has 0 spiro atoms. The number of carbonyl (C=O) groups excluding carboxylic acids is 1. The van der Waals surface area contributed by atoms with Gasteiger partial charge in [0.05, 0.1) is 35.1 Å². The van der Waals surface area contributed by atoms with Crippen LogP contribution in [-0.4, -0.2) is 40.0 Å². The van der Waals surface area contributed by atoms with Gasteiger partial charge < -0.3 is 24.8 Å². The monoisotopic (exact) mass is 711 g/mol. The van der Waals surface area contributed by atoms with Gasteiger partial charge in [-0.1, -0.05) is 53.7 Å². The largest absolute Gasteiger partial charge is 0.492 e. The van der Waals surface area contributed by atoms with Crippen LogP contribution >= 0.6 is 39.3 Å². The normalized spacial score (nSPS) is 14.2. The molecule has 0 radical (unpaired) electrons. The van der Waals surface area contributed by atoms with E-state index in [1.807, 2.05) is 95.3 Å². The number of amides is 1. The van der Waals surface area contributed by atoms with Crippen LogP contribution in [0, 0.1) is 0 Å². The number of rotatable bonds is 12. The molecule has 1 unspecified atom stereocenters. The second-order valence-electron chi connectivity index (χ2n) is 10.4. The number of benzene rings is 3. The van der Waals surface area contributed by atoms with Crippen molar-refractivity contribution in [1.82, 2.24) is 14.8 Å². The number of carbonyl (C=O) groups is 1. The van der Waals surface area contributed by atoms with Crippen LogP contribution < -0.4 is 24.8 Å². The third-order valence-electron chi connectivity index (χ3n) is 6.83. The summed E-state index contributed by atoms with van der Waals surface area (Å²) < 4.78 is 20.4. The van der Waals surface area contributed by atoms with Crippen LogP contribution in [0.2, 0.25) is 5.02 Å². The molecule has 0 fully saturated rings. The van der Waals surface area contributed by atoms with Crippen LogP contribution in [0.1, 0.15) is 51.8 Å². The van der Waals surface area contributed by atoms with E-state index in [0.29, 0.717) is 73.8 Å². The number of anilines is 2. The number of hydrogen-bond acceptors (Lipinski definition) is 8. The lowest BCUT2D eigenvalue weighted by molar-refractivity contribution is -0.113. The fraction of sp³-hybridized carbons (Fsp3) is 0.303. The number of fused-ring (bicyclic) bond motifs is 1. The summed E-state index contributed by atoms with van der Waals surface area (Å²) in [5.74, 6) is 2.54. The number of para-hydroxylation sites is 2.